The minimum atomic E-state index is -0.337. The second-order valence-corrected chi connectivity index (χ2v) is 5.52. The second kappa shape index (κ2) is 7.67. The van der Waals surface area contributed by atoms with Gasteiger partial charge in [0.15, 0.2) is 5.78 Å². The number of benzene rings is 1. The van der Waals surface area contributed by atoms with Gasteiger partial charge in [0, 0.05) is 11.6 Å². The highest BCUT2D eigenvalue weighted by atomic mass is 16.5. The Morgan fingerprint density at radius 1 is 1.19 bits per heavy atom. The number of Topliss-reactive ketones (excluding diaryl/α,β-unsaturated/α-hetero) is 1. The molecule has 2 amide bonds. The fraction of sp³-hybridized carbons (Fsp3) is 0.500. The van der Waals surface area contributed by atoms with Gasteiger partial charge in [-0.05, 0) is 43.5 Å². The summed E-state index contributed by atoms with van der Waals surface area (Å²) in [4.78, 5) is 23.6. The number of carbonyl (C=O) groups excluding carboxylic acids is 2. The first-order chi connectivity index (χ1) is 9.85. The summed E-state index contributed by atoms with van der Waals surface area (Å²) in [7, 11) is 1.61. The lowest BCUT2D eigenvalue weighted by Gasteiger charge is -2.14. The maximum atomic E-state index is 12.1. The van der Waals surface area contributed by atoms with Crippen molar-refractivity contribution >= 4 is 11.8 Å². The summed E-state index contributed by atoms with van der Waals surface area (Å²) in [5.74, 6) is 0.899. The first kappa shape index (κ1) is 17.0. The van der Waals surface area contributed by atoms with E-state index in [4.69, 9.17) is 4.74 Å². The van der Waals surface area contributed by atoms with Crippen molar-refractivity contribution in [3.8, 4) is 5.75 Å². The monoisotopic (exact) mass is 292 g/mol. The third kappa shape index (κ3) is 5.10. The lowest BCUT2D eigenvalue weighted by atomic mass is 9.98. The predicted octanol–water partition coefficient (Wildman–Crippen LogP) is 2.71. The Bertz CT molecular complexity index is 510. The van der Waals surface area contributed by atoms with E-state index in [1.165, 1.54) is 0 Å². The summed E-state index contributed by atoms with van der Waals surface area (Å²) in [6.45, 7) is 7.78. The summed E-state index contributed by atoms with van der Waals surface area (Å²) >= 11 is 0. The van der Waals surface area contributed by atoms with Gasteiger partial charge in [-0.1, -0.05) is 13.8 Å². The molecular formula is C16H24N2O3. The molecule has 0 aliphatic rings. The fourth-order valence-electron chi connectivity index (χ4n) is 1.93. The summed E-state index contributed by atoms with van der Waals surface area (Å²) in [6.07, 6.45) is 0. The number of rotatable bonds is 6. The van der Waals surface area contributed by atoms with E-state index in [0.29, 0.717) is 5.56 Å². The number of hydrogen-bond acceptors (Lipinski definition) is 3. The average molecular weight is 292 g/mol. The highest BCUT2D eigenvalue weighted by Gasteiger charge is 2.13. The Hall–Kier alpha value is -2.04. The molecule has 0 bridgehead atoms. The lowest BCUT2D eigenvalue weighted by Crippen LogP contribution is -2.41. The molecule has 0 unspecified atom stereocenters. The third-order valence-electron chi connectivity index (χ3n) is 3.00. The standard InChI is InChI=1S/C16H24N2O3/c1-10(2)13-8-12(6-7-15(13)21-5)14(19)9-17-16(20)18-11(3)4/h6-8,10-11H,9H2,1-5H3,(H2,17,18,20). The van der Waals surface area contributed by atoms with E-state index >= 15 is 0 Å². The fourth-order valence-corrected chi connectivity index (χ4v) is 1.93. The van der Waals surface area contributed by atoms with Gasteiger partial charge in [0.2, 0.25) is 0 Å². The molecule has 1 rings (SSSR count). The minimum Gasteiger partial charge on any atom is -0.496 e. The number of hydrogen-bond donors (Lipinski definition) is 2. The van der Waals surface area contributed by atoms with Crippen molar-refractivity contribution < 1.29 is 14.3 Å². The Morgan fingerprint density at radius 2 is 1.86 bits per heavy atom. The zero-order chi connectivity index (χ0) is 16.0. The van der Waals surface area contributed by atoms with Crippen molar-refractivity contribution in [2.75, 3.05) is 13.7 Å². The van der Waals surface area contributed by atoms with Gasteiger partial charge in [0.1, 0.15) is 5.75 Å². The van der Waals surface area contributed by atoms with Crippen LogP contribution in [-0.2, 0) is 0 Å². The maximum Gasteiger partial charge on any atom is 0.315 e. The van der Waals surface area contributed by atoms with Crippen LogP contribution in [0.2, 0.25) is 0 Å². The average Bonchev–Trinajstić information content (AvgIpc) is 2.43. The molecule has 1 aromatic rings. The van der Waals surface area contributed by atoms with Crippen LogP contribution in [-0.4, -0.2) is 31.5 Å². The Morgan fingerprint density at radius 3 is 2.38 bits per heavy atom. The van der Waals surface area contributed by atoms with Crippen LogP contribution in [0.5, 0.6) is 5.75 Å². The first-order valence-corrected chi connectivity index (χ1v) is 7.10. The first-order valence-electron chi connectivity index (χ1n) is 7.10. The molecule has 5 heteroatoms. The number of ether oxygens (including phenoxy) is 1. The summed E-state index contributed by atoms with van der Waals surface area (Å²) in [6, 6.07) is 5.03. The van der Waals surface area contributed by atoms with E-state index in [0.717, 1.165) is 11.3 Å². The normalized spacial score (nSPS) is 10.6. The Kier molecular flexibility index (Phi) is 6.21. The molecule has 2 N–H and O–H groups in total. The highest BCUT2D eigenvalue weighted by molar-refractivity contribution is 5.99. The van der Waals surface area contributed by atoms with Gasteiger partial charge >= 0.3 is 6.03 Å². The van der Waals surface area contributed by atoms with Gasteiger partial charge in [-0.15, -0.1) is 0 Å². The molecule has 0 saturated heterocycles. The molecule has 0 fully saturated rings. The Labute approximate surface area is 126 Å². The second-order valence-electron chi connectivity index (χ2n) is 5.52. The van der Waals surface area contributed by atoms with Crippen LogP contribution in [0.4, 0.5) is 4.79 Å². The minimum absolute atomic E-state index is 0.0254. The maximum absolute atomic E-state index is 12.1. The molecule has 0 atom stereocenters. The van der Waals surface area contributed by atoms with E-state index in [-0.39, 0.29) is 30.3 Å². The van der Waals surface area contributed by atoms with Gasteiger partial charge in [-0.25, -0.2) is 4.79 Å². The molecule has 0 saturated carbocycles. The van der Waals surface area contributed by atoms with Crippen LogP contribution >= 0.6 is 0 Å². The van der Waals surface area contributed by atoms with Crippen LogP contribution in [0, 0.1) is 0 Å². The van der Waals surface area contributed by atoms with Crippen LogP contribution in [0.3, 0.4) is 0 Å². The van der Waals surface area contributed by atoms with E-state index in [1.54, 1.807) is 19.2 Å². The van der Waals surface area contributed by atoms with Crippen LogP contribution in [0.15, 0.2) is 18.2 Å². The molecule has 0 radical (unpaired) electrons. The van der Waals surface area contributed by atoms with Crippen LogP contribution in [0.25, 0.3) is 0 Å². The predicted molar refractivity (Wildman–Crippen MR) is 83.1 cm³/mol. The highest BCUT2D eigenvalue weighted by Crippen LogP contribution is 2.27. The van der Waals surface area contributed by atoms with Gasteiger partial charge in [-0.2, -0.15) is 0 Å². The number of carbonyl (C=O) groups is 2. The van der Waals surface area contributed by atoms with Crippen molar-refractivity contribution in [3.05, 3.63) is 29.3 Å². The lowest BCUT2D eigenvalue weighted by molar-refractivity contribution is 0.0992. The molecule has 5 nitrogen and oxygen atoms in total. The third-order valence-corrected chi connectivity index (χ3v) is 3.00. The zero-order valence-electron chi connectivity index (χ0n) is 13.3. The molecule has 116 valence electrons. The SMILES string of the molecule is COc1ccc(C(=O)CNC(=O)NC(C)C)cc1C(C)C. The topological polar surface area (TPSA) is 67.4 Å². The Balaban J connectivity index is 2.75. The summed E-state index contributed by atoms with van der Waals surface area (Å²) in [5.41, 5.74) is 1.55. The van der Waals surface area contributed by atoms with E-state index in [1.807, 2.05) is 33.8 Å². The molecule has 0 heterocycles. The zero-order valence-corrected chi connectivity index (χ0v) is 13.3. The smallest absolute Gasteiger partial charge is 0.315 e. The van der Waals surface area contributed by atoms with Gasteiger partial charge in [-0.3, -0.25) is 4.79 Å². The van der Waals surface area contributed by atoms with Gasteiger partial charge < -0.3 is 15.4 Å². The number of ketones is 1. The van der Waals surface area contributed by atoms with Crippen molar-refractivity contribution in [2.45, 2.75) is 39.7 Å². The van der Waals surface area contributed by atoms with Crippen molar-refractivity contribution in [3.63, 3.8) is 0 Å². The molecule has 0 aliphatic carbocycles. The molecule has 0 aliphatic heterocycles. The van der Waals surface area contributed by atoms with Crippen molar-refractivity contribution in [2.24, 2.45) is 0 Å². The number of amides is 2. The van der Waals surface area contributed by atoms with E-state index < -0.39 is 0 Å². The molecule has 0 aromatic heterocycles. The van der Waals surface area contributed by atoms with Crippen molar-refractivity contribution in [1.82, 2.24) is 10.6 Å². The van der Waals surface area contributed by atoms with Crippen LogP contribution in [0.1, 0.15) is 49.5 Å². The molecule has 0 spiro atoms. The van der Waals surface area contributed by atoms with Gasteiger partial charge in [0.05, 0.1) is 13.7 Å². The number of urea groups is 1. The van der Waals surface area contributed by atoms with Crippen molar-refractivity contribution in [1.29, 1.82) is 0 Å². The van der Waals surface area contributed by atoms with Gasteiger partial charge in [0.25, 0.3) is 0 Å². The quantitative estimate of drug-likeness (QED) is 0.792. The molecule has 1 aromatic carbocycles. The number of nitrogens with one attached hydrogen (secondary N) is 2. The summed E-state index contributed by atoms with van der Waals surface area (Å²) in [5, 5.41) is 5.23. The van der Waals surface area contributed by atoms with E-state index in [2.05, 4.69) is 10.6 Å². The molecule has 21 heavy (non-hydrogen) atoms. The summed E-state index contributed by atoms with van der Waals surface area (Å²) < 4.78 is 5.29. The largest absolute Gasteiger partial charge is 0.496 e. The molecular weight excluding hydrogens is 268 g/mol. The van der Waals surface area contributed by atoms with Crippen LogP contribution < -0.4 is 15.4 Å². The van der Waals surface area contributed by atoms with E-state index in [9.17, 15) is 9.59 Å². The number of methoxy groups -OCH3 is 1.